The first kappa shape index (κ1) is 15.0. The van der Waals surface area contributed by atoms with E-state index >= 15 is 0 Å². The minimum Gasteiger partial charge on any atom is -0.508 e. The topological polar surface area (TPSA) is 82.2 Å². The molecule has 5 heteroatoms. The molecular weight excluding hydrogens is 268 g/mol. The fraction of sp³-hybridized carbons (Fsp3) is 0.312. The van der Waals surface area contributed by atoms with E-state index in [1.807, 2.05) is 24.4 Å². The molecular formula is C16H18N2O3. The molecule has 0 bridgehead atoms. The highest BCUT2D eigenvalue weighted by Crippen LogP contribution is 2.15. The monoisotopic (exact) mass is 286 g/mol. The van der Waals surface area contributed by atoms with Crippen molar-refractivity contribution in [3.63, 3.8) is 0 Å². The number of rotatable bonds is 6. The third kappa shape index (κ3) is 4.87. The molecule has 2 N–H and O–H groups in total. The summed E-state index contributed by atoms with van der Waals surface area (Å²) >= 11 is 0. The van der Waals surface area contributed by atoms with E-state index in [1.54, 1.807) is 18.3 Å². The molecule has 0 saturated heterocycles. The molecule has 1 aromatic rings. The summed E-state index contributed by atoms with van der Waals surface area (Å²) in [5, 5.41) is 18.1. The lowest BCUT2D eigenvalue weighted by Crippen LogP contribution is -2.20. The summed E-state index contributed by atoms with van der Waals surface area (Å²) in [7, 11) is 0. The van der Waals surface area contributed by atoms with Crippen LogP contribution in [0.5, 0.6) is 5.75 Å². The second-order valence-corrected chi connectivity index (χ2v) is 4.89. The van der Waals surface area contributed by atoms with Crippen molar-refractivity contribution in [2.75, 3.05) is 6.54 Å². The molecule has 0 saturated carbocycles. The maximum atomic E-state index is 10.9. The molecule has 0 aromatic heterocycles. The first-order valence-electron chi connectivity index (χ1n) is 6.85. The summed E-state index contributed by atoms with van der Waals surface area (Å²) in [6.07, 6.45) is 7.16. The van der Waals surface area contributed by atoms with Gasteiger partial charge in [0.05, 0.1) is 0 Å². The minimum absolute atomic E-state index is 0.265. The quantitative estimate of drug-likeness (QED) is 0.787. The molecule has 0 radical (unpaired) electrons. The van der Waals surface area contributed by atoms with E-state index in [2.05, 4.69) is 9.98 Å². The first-order chi connectivity index (χ1) is 10.1. The van der Waals surface area contributed by atoms with Gasteiger partial charge in [-0.15, -0.1) is 0 Å². The van der Waals surface area contributed by atoms with Crippen molar-refractivity contribution in [2.24, 2.45) is 9.98 Å². The second kappa shape index (κ2) is 7.38. The number of aromatic hydroxyl groups is 1. The minimum atomic E-state index is -0.888. The van der Waals surface area contributed by atoms with E-state index in [1.165, 1.54) is 0 Å². The average Bonchev–Trinajstić information content (AvgIpc) is 2.49. The number of hydrogen-bond acceptors (Lipinski definition) is 4. The number of nitrogens with zero attached hydrogens (tertiary/aromatic N) is 2. The smallest absolute Gasteiger partial charge is 0.328 e. The number of dihydropyridines is 1. The largest absolute Gasteiger partial charge is 0.508 e. The predicted octanol–water partition coefficient (Wildman–Crippen LogP) is 2.25. The summed E-state index contributed by atoms with van der Waals surface area (Å²) in [6, 6.07) is 6.43. The van der Waals surface area contributed by atoms with Crippen molar-refractivity contribution in [3.05, 3.63) is 41.5 Å². The molecule has 1 unspecified atom stereocenters. The standard InChI is InChI=1S/C16H18N2O3/c19-14-3-1-12(2-4-14)5-8-17-9-6-13-7-10-18-15(11-13)16(20)21/h1-4,7,9-10,15,19H,5-6,8,11H2,(H,20,21). The zero-order chi connectivity index (χ0) is 15.1. The normalized spacial score (nSPS) is 17.9. The zero-order valence-electron chi connectivity index (χ0n) is 11.6. The molecule has 110 valence electrons. The van der Waals surface area contributed by atoms with Gasteiger partial charge in [0.2, 0.25) is 0 Å². The van der Waals surface area contributed by atoms with Crippen LogP contribution < -0.4 is 0 Å². The van der Waals surface area contributed by atoms with Crippen molar-refractivity contribution in [2.45, 2.75) is 25.3 Å². The molecule has 0 aliphatic carbocycles. The molecule has 1 atom stereocenters. The van der Waals surface area contributed by atoms with Crippen LogP contribution in [0.2, 0.25) is 0 Å². The van der Waals surface area contributed by atoms with E-state index in [0.717, 1.165) is 17.6 Å². The van der Waals surface area contributed by atoms with Gasteiger partial charge < -0.3 is 10.2 Å². The van der Waals surface area contributed by atoms with Crippen LogP contribution >= 0.6 is 0 Å². The molecule has 1 aromatic carbocycles. The Morgan fingerprint density at radius 2 is 2.14 bits per heavy atom. The number of carboxylic acid groups (broad SMARTS) is 1. The van der Waals surface area contributed by atoms with Crippen LogP contribution in [0.3, 0.4) is 0 Å². The van der Waals surface area contributed by atoms with Gasteiger partial charge in [-0.05, 0) is 30.2 Å². The maximum absolute atomic E-state index is 10.9. The zero-order valence-corrected chi connectivity index (χ0v) is 11.6. The van der Waals surface area contributed by atoms with Crippen LogP contribution in [-0.2, 0) is 11.2 Å². The fourth-order valence-corrected chi connectivity index (χ4v) is 2.05. The lowest BCUT2D eigenvalue weighted by atomic mass is 10.0. The van der Waals surface area contributed by atoms with Crippen LogP contribution in [0.15, 0.2) is 45.9 Å². The van der Waals surface area contributed by atoms with E-state index in [0.29, 0.717) is 19.4 Å². The lowest BCUT2D eigenvalue weighted by molar-refractivity contribution is -0.138. The number of carboxylic acids is 1. The highest BCUT2D eigenvalue weighted by molar-refractivity contribution is 5.83. The van der Waals surface area contributed by atoms with Gasteiger partial charge in [0.25, 0.3) is 0 Å². The number of phenols is 1. The Morgan fingerprint density at radius 1 is 1.38 bits per heavy atom. The van der Waals surface area contributed by atoms with Gasteiger partial charge in [0.1, 0.15) is 5.75 Å². The van der Waals surface area contributed by atoms with Gasteiger partial charge in [-0.25, -0.2) is 4.79 Å². The highest BCUT2D eigenvalue weighted by Gasteiger charge is 2.18. The van der Waals surface area contributed by atoms with Gasteiger partial charge in [-0.2, -0.15) is 0 Å². The Hall–Kier alpha value is -2.43. The van der Waals surface area contributed by atoms with Crippen LogP contribution in [-0.4, -0.2) is 41.2 Å². The number of aliphatic carboxylic acids is 1. The summed E-state index contributed by atoms with van der Waals surface area (Å²) < 4.78 is 0. The van der Waals surface area contributed by atoms with Crippen LogP contribution in [0, 0.1) is 0 Å². The van der Waals surface area contributed by atoms with Gasteiger partial charge >= 0.3 is 5.97 Å². The molecule has 21 heavy (non-hydrogen) atoms. The molecule has 0 amide bonds. The molecule has 1 aliphatic rings. The Balaban J connectivity index is 1.73. The summed E-state index contributed by atoms with van der Waals surface area (Å²) in [5.41, 5.74) is 2.16. The number of allylic oxidation sites excluding steroid dienone is 1. The third-order valence-electron chi connectivity index (χ3n) is 3.27. The molecule has 1 aliphatic heterocycles. The fourth-order valence-electron chi connectivity index (χ4n) is 2.05. The van der Waals surface area contributed by atoms with Gasteiger partial charge in [0, 0.05) is 31.8 Å². The van der Waals surface area contributed by atoms with Crippen LogP contribution in [0.25, 0.3) is 0 Å². The Morgan fingerprint density at radius 3 is 2.86 bits per heavy atom. The number of phenolic OH excluding ortho intramolecular Hbond substituents is 1. The lowest BCUT2D eigenvalue weighted by Gasteiger charge is -2.12. The highest BCUT2D eigenvalue weighted by atomic mass is 16.4. The van der Waals surface area contributed by atoms with E-state index < -0.39 is 12.0 Å². The van der Waals surface area contributed by atoms with Crippen molar-refractivity contribution in [1.82, 2.24) is 0 Å². The maximum Gasteiger partial charge on any atom is 0.328 e. The average molecular weight is 286 g/mol. The molecule has 0 spiro atoms. The Kier molecular flexibility index (Phi) is 5.26. The van der Waals surface area contributed by atoms with Crippen LogP contribution in [0.1, 0.15) is 18.4 Å². The van der Waals surface area contributed by atoms with Gasteiger partial charge in [-0.3, -0.25) is 9.98 Å². The summed E-state index contributed by atoms with van der Waals surface area (Å²) in [6.45, 7) is 0.675. The first-order valence-corrected chi connectivity index (χ1v) is 6.85. The molecule has 0 fully saturated rings. The van der Waals surface area contributed by atoms with E-state index in [4.69, 9.17) is 5.11 Å². The van der Waals surface area contributed by atoms with E-state index in [-0.39, 0.29) is 5.75 Å². The second-order valence-electron chi connectivity index (χ2n) is 4.89. The van der Waals surface area contributed by atoms with Crippen molar-refractivity contribution < 1.29 is 15.0 Å². The predicted molar refractivity (Wildman–Crippen MR) is 82.4 cm³/mol. The van der Waals surface area contributed by atoms with E-state index in [9.17, 15) is 9.90 Å². The molecule has 5 nitrogen and oxygen atoms in total. The Labute approximate surface area is 123 Å². The third-order valence-corrected chi connectivity index (χ3v) is 3.27. The SMILES string of the molecule is O=C(O)C1CC(CC=NCCc2ccc(O)cc2)=CC=N1. The van der Waals surface area contributed by atoms with Crippen molar-refractivity contribution in [3.8, 4) is 5.75 Å². The van der Waals surface area contributed by atoms with Crippen molar-refractivity contribution >= 4 is 18.4 Å². The van der Waals surface area contributed by atoms with Crippen molar-refractivity contribution in [1.29, 1.82) is 0 Å². The molecule has 1 heterocycles. The van der Waals surface area contributed by atoms with Crippen LogP contribution in [0.4, 0.5) is 0 Å². The molecule has 2 rings (SSSR count). The van der Waals surface area contributed by atoms with Gasteiger partial charge in [0.15, 0.2) is 6.04 Å². The summed E-state index contributed by atoms with van der Waals surface area (Å²) in [4.78, 5) is 19.1. The number of aliphatic imine (C=N–C) groups is 2. The summed E-state index contributed by atoms with van der Waals surface area (Å²) in [5.74, 6) is -0.623. The number of benzene rings is 1. The number of hydrogen-bond donors (Lipinski definition) is 2. The Bertz CT molecular complexity index is 574. The van der Waals surface area contributed by atoms with Gasteiger partial charge in [-0.1, -0.05) is 17.7 Å². The number of carbonyl (C=O) groups is 1.